The van der Waals surface area contributed by atoms with Crippen molar-refractivity contribution in [1.29, 1.82) is 5.26 Å². The van der Waals surface area contributed by atoms with Gasteiger partial charge in [-0.25, -0.2) is 8.42 Å². The quantitative estimate of drug-likeness (QED) is 0.826. The van der Waals surface area contributed by atoms with E-state index in [2.05, 4.69) is 0 Å². The second kappa shape index (κ2) is 6.93. The lowest BCUT2D eigenvalue weighted by Gasteiger charge is -2.15. The van der Waals surface area contributed by atoms with Crippen LogP contribution < -0.4 is 0 Å². The predicted molar refractivity (Wildman–Crippen MR) is 76.4 cm³/mol. The van der Waals surface area contributed by atoms with Crippen LogP contribution in [0.2, 0.25) is 10.0 Å². The van der Waals surface area contributed by atoms with Crippen molar-refractivity contribution in [2.75, 3.05) is 19.3 Å². The van der Waals surface area contributed by atoms with E-state index in [4.69, 9.17) is 28.5 Å². The monoisotopic (exact) mass is 334 g/mol. The van der Waals surface area contributed by atoms with Crippen molar-refractivity contribution in [3.05, 3.63) is 28.2 Å². The molecule has 8 heteroatoms. The summed E-state index contributed by atoms with van der Waals surface area (Å²) in [7, 11) is -2.34. The van der Waals surface area contributed by atoms with E-state index in [9.17, 15) is 13.2 Å². The molecule has 0 saturated carbocycles. The van der Waals surface area contributed by atoms with Gasteiger partial charge < -0.3 is 4.90 Å². The molecule has 1 aromatic rings. The summed E-state index contributed by atoms with van der Waals surface area (Å²) < 4.78 is 24.1. The van der Waals surface area contributed by atoms with Crippen LogP contribution in [0.15, 0.2) is 23.1 Å². The molecule has 0 fully saturated rings. The lowest BCUT2D eigenvalue weighted by molar-refractivity contribution is -0.127. The molecule has 0 atom stereocenters. The van der Waals surface area contributed by atoms with Crippen molar-refractivity contribution in [3.63, 3.8) is 0 Å². The maximum absolute atomic E-state index is 12.1. The number of hydrogen-bond donors (Lipinski definition) is 0. The number of carbonyl (C=O) groups is 1. The highest BCUT2D eigenvalue weighted by atomic mass is 35.5. The molecule has 20 heavy (non-hydrogen) atoms. The van der Waals surface area contributed by atoms with Crippen molar-refractivity contribution in [1.82, 2.24) is 4.90 Å². The number of nitriles is 1. The third-order valence-corrected chi connectivity index (χ3v) is 4.89. The van der Waals surface area contributed by atoms with Gasteiger partial charge in [0.15, 0.2) is 9.84 Å². The highest BCUT2D eigenvalue weighted by Crippen LogP contribution is 2.25. The number of amides is 1. The molecule has 0 aromatic heterocycles. The predicted octanol–water partition coefficient (Wildman–Crippen LogP) is 2.14. The number of sulfone groups is 1. The van der Waals surface area contributed by atoms with Gasteiger partial charge in [0.25, 0.3) is 0 Å². The molecule has 0 N–H and O–H groups in total. The molecule has 0 aliphatic heterocycles. The van der Waals surface area contributed by atoms with Crippen molar-refractivity contribution in [3.8, 4) is 6.07 Å². The fourth-order valence-electron chi connectivity index (χ4n) is 1.37. The van der Waals surface area contributed by atoms with E-state index in [1.54, 1.807) is 0 Å². The molecule has 0 bridgehead atoms. The van der Waals surface area contributed by atoms with Gasteiger partial charge in [0.2, 0.25) is 5.91 Å². The van der Waals surface area contributed by atoms with Crippen LogP contribution in [0, 0.1) is 11.3 Å². The molecule has 0 aliphatic carbocycles. The minimum Gasteiger partial charge on any atom is -0.344 e. The zero-order chi connectivity index (χ0) is 15.3. The second-order valence-corrected chi connectivity index (χ2v) is 6.86. The highest BCUT2D eigenvalue weighted by molar-refractivity contribution is 7.92. The molecule has 1 rings (SSSR count). The minimum atomic E-state index is -3.79. The summed E-state index contributed by atoms with van der Waals surface area (Å²) in [5, 5.41) is 8.78. The lowest BCUT2D eigenvalue weighted by atomic mass is 10.4. The Morgan fingerprint density at radius 2 is 2.00 bits per heavy atom. The maximum Gasteiger partial charge on any atom is 0.237 e. The maximum atomic E-state index is 12.1. The number of hydrogen-bond acceptors (Lipinski definition) is 4. The Kier molecular flexibility index (Phi) is 5.81. The third-order valence-electron chi connectivity index (χ3n) is 2.55. The molecule has 0 spiro atoms. The van der Waals surface area contributed by atoms with Crippen LogP contribution in [0.25, 0.3) is 0 Å². The minimum absolute atomic E-state index is 0.0612. The fraction of sp³-hybridized carbons (Fsp3) is 0.333. The Labute approximate surface area is 127 Å². The molecular formula is C12H12Cl2N2O3S. The first-order valence-corrected chi connectivity index (χ1v) is 7.97. The first-order chi connectivity index (χ1) is 9.27. The summed E-state index contributed by atoms with van der Waals surface area (Å²) in [5.74, 6) is -1.25. The molecule has 0 aliphatic rings. The summed E-state index contributed by atoms with van der Waals surface area (Å²) in [5.41, 5.74) is 0. The normalized spacial score (nSPS) is 10.9. The van der Waals surface area contributed by atoms with E-state index in [0.717, 1.165) is 0 Å². The van der Waals surface area contributed by atoms with E-state index in [0.29, 0.717) is 0 Å². The molecule has 0 heterocycles. The smallest absolute Gasteiger partial charge is 0.237 e. The topological polar surface area (TPSA) is 78.2 Å². The standard InChI is InChI=1S/C12H12Cl2N2O3S/c1-16(6-2-5-15)12(17)8-20(18,19)9-3-4-10(13)11(14)7-9/h3-4,7H,2,6,8H2,1H3. The summed E-state index contributed by atoms with van der Waals surface area (Å²) in [6, 6.07) is 5.76. The van der Waals surface area contributed by atoms with E-state index < -0.39 is 21.5 Å². The van der Waals surface area contributed by atoms with Crippen LogP contribution >= 0.6 is 23.2 Å². The zero-order valence-corrected chi connectivity index (χ0v) is 13.0. The Morgan fingerprint density at radius 1 is 1.35 bits per heavy atom. The van der Waals surface area contributed by atoms with Gasteiger partial charge >= 0.3 is 0 Å². The Bertz CT molecular complexity index is 653. The summed E-state index contributed by atoms with van der Waals surface area (Å²) in [4.78, 5) is 12.9. The van der Waals surface area contributed by atoms with E-state index in [1.165, 1.54) is 30.1 Å². The van der Waals surface area contributed by atoms with Crippen molar-refractivity contribution >= 4 is 38.9 Å². The Balaban J connectivity index is 2.87. The van der Waals surface area contributed by atoms with Gasteiger partial charge in [-0.3, -0.25) is 4.79 Å². The first kappa shape index (κ1) is 16.8. The van der Waals surface area contributed by atoms with Gasteiger partial charge in [-0.2, -0.15) is 5.26 Å². The van der Waals surface area contributed by atoms with Crippen LogP contribution in [0.4, 0.5) is 0 Å². The van der Waals surface area contributed by atoms with E-state index >= 15 is 0 Å². The average Bonchev–Trinajstić information content (AvgIpc) is 2.38. The summed E-state index contributed by atoms with van der Waals surface area (Å²) in [6.45, 7) is 0.187. The molecular weight excluding hydrogens is 323 g/mol. The molecule has 1 aromatic carbocycles. The number of rotatable bonds is 5. The van der Waals surface area contributed by atoms with Crippen molar-refractivity contribution in [2.24, 2.45) is 0 Å². The Morgan fingerprint density at radius 3 is 2.55 bits per heavy atom. The van der Waals surface area contributed by atoms with Crippen LogP contribution in [-0.2, 0) is 14.6 Å². The van der Waals surface area contributed by atoms with Crippen LogP contribution in [-0.4, -0.2) is 38.6 Å². The third kappa shape index (κ3) is 4.37. The fourth-order valence-corrected chi connectivity index (χ4v) is 3.02. The van der Waals surface area contributed by atoms with Gasteiger partial charge in [0, 0.05) is 13.6 Å². The van der Waals surface area contributed by atoms with Crippen molar-refractivity contribution in [2.45, 2.75) is 11.3 Å². The molecule has 5 nitrogen and oxygen atoms in total. The van der Waals surface area contributed by atoms with Crippen LogP contribution in [0.5, 0.6) is 0 Å². The lowest BCUT2D eigenvalue weighted by Crippen LogP contribution is -2.33. The van der Waals surface area contributed by atoms with Gasteiger partial charge in [-0.15, -0.1) is 0 Å². The van der Waals surface area contributed by atoms with Crippen LogP contribution in [0.1, 0.15) is 6.42 Å². The second-order valence-electron chi connectivity index (χ2n) is 4.06. The summed E-state index contributed by atoms with van der Waals surface area (Å²) in [6.07, 6.45) is 0.148. The first-order valence-electron chi connectivity index (χ1n) is 5.56. The highest BCUT2D eigenvalue weighted by Gasteiger charge is 2.22. The molecule has 0 saturated heterocycles. The van der Waals surface area contributed by atoms with E-state index in [-0.39, 0.29) is 27.9 Å². The van der Waals surface area contributed by atoms with Crippen molar-refractivity contribution < 1.29 is 13.2 Å². The van der Waals surface area contributed by atoms with Gasteiger partial charge in [-0.1, -0.05) is 23.2 Å². The van der Waals surface area contributed by atoms with Gasteiger partial charge in [0.1, 0.15) is 5.75 Å². The number of carbonyl (C=O) groups excluding carboxylic acids is 1. The molecule has 0 unspecified atom stereocenters. The molecule has 1 amide bonds. The molecule has 108 valence electrons. The number of halogens is 2. The molecule has 0 radical (unpaired) electrons. The Hall–Kier alpha value is -1.29. The largest absolute Gasteiger partial charge is 0.344 e. The number of benzene rings is 1. The van der Waals surface area contributed by atoms with Gasteiger partial charge in [0.05, 0.1) is 27.4 Å². The van der Waals surface area contributed by atoms with Gasteiger partial charge in [-0.05, 0) is 18.2 Å². The van der Waals surface area contributed by atoms with E-state index in [1.807, 2.05) is 6.07 Å². The number of nitrogens with zero attached hydrogens (tertiary/aromatic N) is 2. The zero-order valence-electron chi connectivity index (χ0n) is 10.6. The average molecular weight is 335 g/mol. The summed E-state index contributed by atoms with van der Waals surface area (Å²) >= 11 is 11.5. The SMILES string of the molecule is CN(CCC#N)C(=O)CS(=O)(=O)c1ccc(Cl)c(Cl)c1. The van der Waals surface area contributed by atoms with Crippen LogP contribution in [0.3, 0.4) is 0 Å².